The Morgan fingerprint density at radius 3 is 2.75 bits per heavy atom. The van der Waals surface area contributed by atoms with Crippen LogP contribution in [0.1, 0.15) is 20.3 Å². The molecule has 0 spiro atoms. The molecule has 0 aliphatic carbocycles. The standard InChI is InChI=1S/C13H19ClN2/c1-10(2)16-8-7-11(9-16)15-13-6-4-3-5-12(13)14/h3-6,10-11,15H,7-9H2,1-2H3. The Morgan fingerprint density at radius 2 is 2.12 bits per heavy atom. The number of hydrogen-bond acceptors (Lipinski definition) is 2. The second kappa shape index (κ2) is 5.07. The molecule has 1 atom stereocenters. The Labute approximate surface area is 103 Å². The molecule has 2 rings (SSSR count). The van der Waals surface area contributed by atoms with Crippen LogP contribution >= 0.6 is 11.6 Å². The van der Waals surface area contributed by atoms with Crippen LogP contribution in [-0.2, 0) is 0 Å². The van der Waals surface area contributed by atoms with E-state index >= 15 is 0 Å². The Balaban J connectivity index is 1.95. The summed E-state index contributed by atoms with van der Waals surface area (Å²) in [6, 6.07) is 9.12. The number of anilines is 1. The lowest BCUT2D eigenvalue weighted by atomic mass is 10.2. The average molecular weight is 239 g/mol. The third-order valence-electron chi connectivity index (χ3n) is 3.18. The van der Waals surface area contributed by atoms with Crippen LogP contribution in [0.25, 0.3) is 0 Å². The topological polar surface area (TPSA) is 15.3 Å². The Bertz CT molecular complexity index is 352. The summed E-state index contributed by atoms with van der Waals surface area (Å²) < 4.78 is 0. The highest BCUT2D eigenvalue weighted by Gasteiger charge is 2.24. The van der Waals surface area contributed by atoms with E-state index in [0.29, 0.717) is 12.1 Å². The van der Waals surface area contributed by atoms with Gasteiger partial charge in [-0.25, -0.2) is 0 Å². The van der Waals surface area contributed by atoms with Gasteiger partial charge < -0.3 is 5.32 Å². The van der Waals surface area contributed by atoms with Crippen molar-refractivity contribution in [1.82, 2.24) is 4.90 Å². The SMILES string of the molecule is CC(C)N1CCC(Nc2ccccc2Cl)C1. The van der Waals surface area contributed by atoms with Gasteiger partial charge in [-0.3, -0.25) is 4.90 Å². The van der Waals surface area contributed by atoms with Crippen molar-refractivity contribution in [3.05, 3.63) is 29.3 Å². The molecule has 1 unspecified atom stereocenters. The molecule has 1 aliphatic heterocycles. The summed E-state index contributed by atoms with van der Waals surface area (Å²) in [7, 11) is 0. The Hall–Kier alpha value is -0.730. The van der Waals surface area contributed by atoms with Crippen LogP contribution in [-0.4, -0.2) is 30.1 Å². The summed E-state index contributed by atoms with van der Waals surface area (Å²) in [4.78, 5) is 2.49. The second-order valence-electron chi connectivity index (χ2n) is 4.70. The van der Waals surface area contributed by atoms with Crippen molar-refractivity contribution in [1.29, 1.82) is 0 Å². The van der Waals surface area contributed by atoms with Crippen molar-refractivity contribution < 1.29 is 0 Å². The molecule has 1 aromatic rings. The van der Waals surface area contributed by atoms with Gasteiger partial charge in [-0.2, -0.15) is 0 Å². The van der Waals surface area contributed by atoms with Crippen LogP contribution in [0, 0.1) is 0 Å². The highest BCUT2D eigenvalue weighted by atomic mass is 35.5. The number of likely N-dealkylation sites (tertiary alicyclic amines) is 1. The maximum atomic E-state index is 6.13. The fraction of sp³-hybridized carbons (Fsp3) is 0.538. The van der Waals surface area contributed by atoms with Crippen molar-refractivity contribution >= 4 is 17.3 Å². The van der Waals surface area contributed by atoms with Gasteiger partial charge in [0.2, 0.25) is 0 Å². The molecule has 1 fully saturated rings. The smallest absolute Gasteiger partial charge is 0.0637 e. The van der Waals surface area contributed by atoms with Crippen LogP contribution in [0.15, 0.2) is 24.3 Å². The fourth-order valence-electron chi connectivity index (χ4n) is 2.17. The number of nitrogens with one attached hydrogen (secondary N) is 1. The summed E-state index contributed by atoms with van der Waals surface area (Å²) in [5.41, 5.74) is 1.06. The second-order valence-corrected chi connectivity index (χ2v) is 5.11. The van der Waals surface area contributed by atoms with E-state index in [2.05, 4.69) is 24.1 Å². The van der Waals surface area contributed by atoms with E-state index < -0.39 is 0 Å². The first-order chi connectivity index (χ1) is 7.66. The first-order valence-corrected chi connectivity index (χ1v) is 6.29. The molecule has 0 aromatic heterocycles. The lowest BCUT2D eigenvalue weighted by Gasteiger charge is -2.21. The maximum Gasteiger partial charge on any atom is 0.0637 e. The van der Waals surface area contributed by atoms with Crippen molar-refractivity contribution in [3.63, 3.8) is 0 Å². The summed E-state index contributed by atoms with van der Waals surface area (Å²) in [6.07, 6.45) is 1.20. The zero-order valence-corrected chi connectivity index (χ0v) is 10.7. The van der Waals surface area contributed by atoms with Crippen LogP contribution in [0.4, 0.5) is 5.69 Å². The zero-order chi connectivity index (χ0) is 11.5. The monoisotopic (exact) mass is 238 g/mol. The largest absolute Gasteiger partial charge is 0.380 e. The molecule has 0 bridgehead atoms. The molecular weight excluding hydrogens is 220 g/mol. The van der Waals surface area contributed by atoms with Gasteiger partial charge in [0.25, 0.3) is 0 Å². The van der Waals surface area contributed by atoms with Gasteiger partial charge in [-0.15, -0.1) is 0 Å². The minimum Gasteiger partial charge on any atom is -0.380 e. The predicted octanol–water partition coefficient (Wildman–Crippen LogP) is 3.23. The van der Waals surface area contributed by atoms with E-state index in [1.165, 1.54) is 13.0 Å². The van der Waals surface area contributed by atoms with E-state index in [1.807, 2.05) is 24.3 Å². The van der Waals surface area contributed by atoms with Gasteiger partial charge in [-0.05, 0) is 32.4 Å². The Kier molecular flexibility index (Phi) is 3.72. The number of halogens is 1. The summed E-state index contributed by atoms with van der Waals surface area (Å²) >= 11 is 6.13. The quantitative estimate of drug-likeness (QED) is 0.870. The molecule has 1 aliphatic rings. The lowest BCUT2D eigenvalue weighted by molar-refractivity contribution is 0.274. The molecule has 0 amide bonds. The minimum atomic E-state index is 0.530. The molecule has 2 nitrogen and oxygen atoms in total. The van der Waals surface area contributed by atoms with Crippen LogP contribution in [0.5, 0.6) is 0 Å². The highest BCUT2D eigenvalue weighted by Crippen LogP contribution is 2.24. The van der Waals surface area contributed by atoms with Crippen molar-refractivity contribution in [2.45, 2.75) is 32.4 Å². The van der Waals surface area contributed by atoms with E-state index in [0.717, 1.165) is 17.3 Å². The molecule has 88 valence electrons. The van der Waals surface area contributed by atoms with Crippen LogP contribution < -0.4 is 5.32 Å². The molecule has 3 heteroatoms. The minimum absolute atomic E-state index is 0.530. The normalized spacial score (nSPS) is 21.6. The van der Waals surface area contributed by atoms with E-state index in [9.17, 15) is 0 Å². The fourth-order valence-corrected chi connectivity index (χ4v) is 2.36. The van der Waals surface area contributed by atoms with Gasteiger partial charge in [0.1, 0.15) is 0 Å². The Morgan fingerprint density at radius 1 is 1.38 bits per heavy atom. The van der Waals surface area contributed by atoms with E-state index in [-0.39, 0.29) is 0 Å². The highest BCUT2D eigenvalue weighted by molar-refractivity contribution is 6.33. The number of benzene rings is 1. The van der Waals surface area contributed by atoms with Gasteiger partial charge in [-0.1, -0.05) is 23.7 Å². The average Bonchev–Trinajstić information content (AvgIpc) is 2.70. The number of hydrogen-bond donors (Lipinski definition) is 1. The van der Waals surface area contributed by atoms with Crippen molar-refractivity contribution in [3.8, 4) is 0 Å². The molecular formula is C13H19ClN2. The van der Waals surface area contributed by atoms with Gasteiger partial charge in [0.15, 0.2) is 0 Å². The van der Waals surface area contributed by atoms with Gasteiger partial charge in [0.05, 0.1) is 10.7 Å². The zero-order valence-electron chi connectivity index (χ0n) is 9.91. The molecule has 16 heavy (non-hydrogen) atoms. The molecule has 1 heterocycles. The molecule has 1 saturated heterocycles. The van der Waals surface area contributed by atoms with Gasteiger partial charge >= 0.3 is 0 Å². The van der Waals surface area contributed by atoms with Gasteiger partial charge in [0, 0.05) is 25.2 Å². The first-order valence-electron chi connectivity index (χ1n) is 5.92. The number of nitrogens with zero attached hydrogens (tertiary/aromatic N) is 1. The lowest BCUT2D eigenvalue weighted by Crippen LogP contribution is -2.31. The molecule has 1 N–H and O–H groups in total. The van der Waals surface area contributed by atoms with E-state index in [1.54, 1.807) is 0 Å². The van der Waals surface area contributed by atoms with Crippen molar-refractivity contribution in [2.75, 3.05) is 18.4 Å². The molecule has 0 saturated carbocycles. The summed E-state index contributed by atoms with van der Waals surface area (Å²) in [6.45, 7) is 6.79. The van der Waals surface area contributed by atoms with E-state index in [4.69, 9.17) is 11.6 Å². The third kappa shape index (κ3) is 2.69. The first kappa shape index (κ1) is 11.7. The third-order valence-corrected chi connectivity index (χ3v) is 3.51. The molecule has 0 radical (unpaired) electrons. The van der Waals surface area contributed by atoms with Crippen LogP contribution in [0.2, 0.25) is 5.02 Å². The maximum absolute atomic E-state index is 6.13. The molecule has 1 aromatic carbocycles. The van der Waals surface area contributed by atoms with Crippen molar-refractivity contribution in [2.24, 2.45) is 0 Å². The summed E-state index contributed by atoms with van der Waals surface area (Å²) in [5, 5.41) is 4.33. The number of rotatable bonds is 3. The predicted molar refractivity (Wildman–Crippen MR) is 70.2 cm³/mol. The number of para-hydroxylation sites is 1. The summed E-state index contributed by atoms with van der Waals surface area (Å²) in [5.74, 6) is 0. The van der Waals surface area contributed by atoms with Crippen LogP contribution in [0.3, 0.4) is 0 Å².